The molecule has 25 heavy (non-hydrogen) atoms. The van der Waals surface area contributed by atoms with Gasteiger partial charge in [0.25, 0.3) is 0 Å². The molecule has 0 saturated heterocycles. The monoisotopic (exact) mass is 334 g/mol. The van der Waals surface area contributed by atoms with Crippen LogP contribution < -0.4 is 10.6 Å². The van der Waals surface area contributed by atoms with Crippen molar-refractivity contribution in [2.45, 2.75) is 19.5 Å². The van der Waals surface area contributed by atoms with E-state index in [4.69, 9.17) is 4.42 Å². The van der Waals surface area contributed by atoms with Crippen molar-refractivity contribution in [2.24, 2.45) is 0 Å². The van der Waals surface area contributed by atoms with E-state index >= 15 is 0 Å². The van der Waals surface area contributed by atoms with Crippen LogP contribution in [0.15, 0.2) is 77.4 Å². The maximum absolute atomic E-state index is 11.9. The van der Waals surface area contributed by atoms with Gasteiger partial charge in [0.2, 0.25) is 5.91 Å². The predicted molar refractivity (Wildman–Crippen MR) is 98.9 cm³/mol. The Morgan fingerprint density at radius 3 is 2.36 bits per heavy atom. The summed E-state index contributed by atoms with van der Waals surface area (Å²) in [5, 5.41) is 6.07. The summed E-state index contributed by atoms with van der Waals surface area (Å²) in [6.45, 7) is 2.73. The number of furan rings is 1. The number of carbonyl (C=O) groups is 1. The first-order valence-electron chi connectivity index (χ1n) is 8.40. The highest BCUT2D eigenvalue weighted by atomic mass is 16.3. The van der Waals surface area contributed by atoms with Crippen LogP contribution in [-0.2, 0) is 11.3 Å². The SMILES string of the molecule is C[C@@H](NCC(=O)NCc1ccco1)c1ccc(-c2ccccc2)cc1. The number of hydrogen-bond donors (Lipinski definition) is 2. The van der Waals surface area contributed by atoms with Crippen molar-refractivity contribution in [3.8, 4) is 11.1 Å². The predicted octanol–water partition coefficient (Wildman–Crippen LogP) is 3.91. The van der Waals surface area contributed by atoms with Crippen molar-refractivity contribution in [2.75, 3.05) is 6.54 Å². The molecular weight excluding hydrogens is 312 g/mol. The summed E-state index contributed by atoms with van der Waals surface area (Å²) >= 11 is 0. The molecular formula is C21H22N2O2. The molecule has 1 amide bonds. The lowest BCUT2D eigenvalue weighted by molar-refractivity contribution is -0.120. The second kappa shape index (κ2) is 8.31. The van der Waals surface area contributed by atoms with Crippen molar-refractivity contribution in [1.82, 2.24) is 10.6 Å². The fourth-order valence-electron chi connectivity index (χ4n) is 2.62. The molecule has 0 saturated carbocycles. The Kier molecular flexibility index (Phi) is 5.65. The van der Waals surface area contributed by atoms with Gasteiger partial charge < -0.3 is 15.1 Å². The Balaban J connectivity index is 1.49. The minimum Gasteiger partial charge on any atom is -0.467 e. The van der Waals surface area contributed by atoms with Gasteiger partial charge in [0.15, 0.2) is 0 Å². The Morgan fingerprint density at radius 1 is 0.960 bits per heavy atom. The third-order valence-corrected chi connectivity index (χ3v) is 4.13. The van der Waals surface area contributed by atoms with Gasteiger partial charge in [-0.2, -0.15) is 0 Å². The van der Waals surface area contributed by atoms with E-state index in [9.17, 15) is 4.79 Å². The van der Waals surface area contributed by atoms with E-state index in [0.29, 0.717) is 6.54 Å². The standard InChI is InChI=1S/C21H22N2O2/c1-16(22-15-21(24)23-14-20-8-5-13-25-20)17-9-11-19(12-10-17)18-6-3-2-4-7-18/h2-13,16,22H,14-15H2,1H3,(H,23,24)/t16-/m1/s1. The molecule has 1 aromatic heterocycles. The normalized spacial score (nSPS) is 11.9. The van der Waals surface area contributed by atoms with Crippen LogP contribution in [0.25, 0.3) is 11.1 Å². The number of amides is 1. The van der Waals surface area contributed by atoms with Gasteiger partial charge in [-0.15, -0.1) is 0 Å². The van der Waals surface area contributed by atoms with E-state index in [1.807, 2.05) is 24.3 Å². The molecule has 0 aliphatic heterocycles. The molecule has 0 bridgehead atoms. The van der Waals surface area contributed by atoms with Crippen LogP contribution in [0.4, 0.5) is 0 Å². The molecule has 1 atom stereocenters. The van der Waals surface area contributed by atoms with Crippen molar-refractivity contribution in [3.63, 3.8) is 0 Å². The minimum atomic E-state index is -0.0517. The fraction of sp³-hybridized carbons (Fsp3) is 0.190. The summed E-state index contributed by atoms with van der Waals surface area (Å²) in [6.07, 6.45) is 1.60. The lowest BCUT2D eigenvalue weighted by Crippen LogP contribution is -2.34. The van der Waals surface area contributed by atoms with E-state index in [1.165, 1.54) is 11.1 Å². The summed E-state index contributed by atoms with van der Waals surface area (Å²) in [5.41, 5.74) is 3.54. The van der Waals surface area contributed by atoms with E-state index in [2.05, 4.69) is 54.0 Å². The summed E-state index contributed by atoms with van der Waals surface area (Å²) in [4.78, 5) is 11.9. The number of benzene rings is 2. The topological polar surface area (TPSA) is 54.3 Å². The molecule has 4 nitrogen and oxygen atoms in total. The minimum absolute atomic E-state index is 0.0517. The second-order valence-corrected chi connectivity index (χ2v) is 5.95. The Hall–Kier alpha value is -2.85. The first kappa shape index (κ1) is 17.0. The molecule has 4 heteroatoms. The van der Waals surface area contributed by atoms with Crippen LogP contribution in [0.1, 0.15) is 24.3 Å². The second-order valence-electron chi connectivity index (χ2n) is 5.95. The van der Waals surface area contributed by atoms with E-state index in [0.717, 1.165) is 11.3 Å². The van der Waals surface area contributed by atoms with Crippen molar-refractivity contribution < 1.29 is 9.21 Å². The zero-order valence-electron chi connectivity index (χ0n) is 14.2. The van der Waals surface area contributed by atoms with Gasteiger partial charge in [0.05, 0.1) is 19.4 Å². The van der Waals surface area contributed by atoms with E-state index < -0.39 is 0 Å². The Morgan fingerprint density at radius 2 is 1.68 bits per heavy atom. The van der Waals surface area contributed by atoms with Crippen LogP contribution in [0.2, 0.25) is 0 Å². The average molecular weight is 334 g/mol. The quantitative estimate of drug-likeness (QED) is 0.689. The van der Waals surface area contributed by atoms with Crippen LogP contribution >= 0.6 is 0 Å². The van der Waals surface area contributed by atoms with Crippen molar-refractivity contribution in [3.05, 3.63) is 84.3 Å². The van der Waals surface area contributed by atoms with E-state index in [1.54, 1.807) is 12.3 Å². The van der Waals surface area contributed by atoms with E-state index in [-0.39, 0.29) is 18.5 Å². The van der Waals surface area contributed by atoms with Gasteiger partial charge in [-0.25, -0.2) is 0 Å². The molecule has 0 fully saturated rings. The summed E-state index contributed by atoms with van der Waals surface area (Å²) in [5.74, 6) is 0.696. The van der Waals surface area contributed by atoms with Gasteiger partial charge in [-0.1, -0.05) is 54.6 Å². The van der Waals surface area contributed by atoms with Gasteiger partial charge in [0.1, 0.15) is 5.76 Å². The van der Waals surface area contributed by atoms with Gasteiger partial charge in [0, 0.05) is 6.04 Å². The smallest absolute Gasteiger partial charge is 0.234 e. The number of nitrogens with one attached hydrogen (secondary N) is 2. The van der Waals surface area contributed by atoms with Crippen LogP contribution in [0.3, 0.4) is 0 Å². The fourth-order valence-corrected chi connectivity index (χ4v) is 2.62. The van der Waals surface area contributed by atoms with Crippen molar-refractivity contribution in [1.29, 1.82) is 0 Å². The lowest BCUT2D eigenvalue weighted by atomic mass is 10.0. The highest BCUT2D eigenvalue weighted by molar-refractivity contribution is 5.78. The van der Waals surface area contributed by atoms with Crippen LogP contribution in [-0.4, -0.2) is 12.5 Å². The molecule has 128 valence electrons. The zero-order valence-corrected chi connectivity index (χ0v) is 14.2. The summed E-state index contributed by atoms with van der Waals surface area (Å²) < 4.78 is 5.19. The zero-order chi connectivity index (χ0) is 17.5. The highest BCUT2D eigenvalue weighted by Crippen LogP contribution is 2.21. The maximum atomic E-state index is 11.9. The molecule has 3 aromatic rings. The molecule has 0 spiro atoms. The Labute approximate surface area is 147 Å². The average Bonchev–Trinajstić information content (AvgIpc) is 3.19. The molecule has 0 radical (unpaired) electrons. The first-order chi connectivity index (χ1) is 12.2. The molecule has 2 N–H and O–H groups in total. The number of rotatable bonds is 7. The van der Waals surface area contributed by atoms with Gasteiger partial charge in [-0.05, 0) is 35.7 Å². The first-order valence-corrected chi connectivity index (χ1v) is 8.40. The van der Waals surface area contributed by atoms with Crippen LogP contribution in [0.5, 0.6) is 0 Å². The van der Waals surface area contributed by atoms with Crippen molar-refractivity contribution >= 4 is 5.91 Å². The molecule has 3 rings (SSSR count). The third kappa shape index (κ3) is 4.81. The van der Waals surface area contributed by atoms with Gasteiger partial charge >= 0.3 is 0 Å². The molecule has 1 heterocycles. The maximum Gasteiger partial charge on any atom is 0.234 e. The third-order valence-electron chi connectivity index (χ3n) is 4.13. The summed E-state index contributed by atoms with van der Waals surface area (Å²) in [7, 11) is 0. The molecule has 0 aliphatic carbocycles. The van der Waals surface area contributed by atoms with Gasteiger partial charge in [-0.3, -0.25) is 4.79 Å². The molecule has 0 aliphatic rings. The van der Waals surface area contributed by atoms with Crippen LogP contribution in [0, 0.1) is 0 Å². The number of hydrogen-bond acceptors (Lipinski definition) is 3. The molecule has 2 aromatic carbocycles. The summed E-state index contributed by atoms with van der Waals surface area (Å²) in [6, 6.07) is 22.4. The largest absolute Gasteiger partial charge is 0.467 e. The highest BCUT2D eigenvalue weighted by Gasteiger charge is 2.08. The Bertz CT molecular complexity index is 781. The molecule has 0 unspecified atom stereocenters. The number of carbonyl (C=O) groups excluding carboxylic acids is 1. The lowest BCUT2D eigenvalue weighted by Gasteiger charge is -2.14.